The van der Waals surface area contributed by atoms with Gasteiger partial charge in [0.25, 0.3) is 5.56 Å². The third-order valence-electron chi connectivity index (χ3n) is 3.05. The largest absolute Gasteiger partial charge is 0.326 e. The Morgan fingerprint density at radius 3 is 2.78 bits per heavy atom. The minimum Gasteiger partial charge on any atom is -0.326 e. The van der Waals surface area contributed by atoms with Gasteiger partial charge >= 0.3 is 0 Å². The van der Waals surface area contributed by atoms with Crippen LogP contribution in [0.1, 0.15) is 17.7 Å². The smallest absolute Gasteiger partial charge is 0.255 e. The van der Waals surface area contributed by atoms with Crippen LogP contribution in [0.2, 0.25) is 5.02 Å². The fourth-order valence-electron chi connectivity index (χ4n) is 2.17. The van der Waals surface area contributed by atoms with Crippen molar-refractivity contribution in [3.63, 3.8) is 0 Å². The number of aryl methyl sites for hydroxylation is 1. The van der Waals surface area contributed by atoms with E-state index in [2.05, 4.69) is 15.3 Å². The van der Waals surface area contributed by atoms with E-state index < -0.39 is 0 Å². The Morgan fingerprint density at radius 1 is 1.22 bits per heavy atom. The van der Waals surface area contributed by atoms with E-state index in [1.807, 2.05) is 12.1 Å². The lowest BCUT2D eigenvalue weighted by Crippen LogP contribution is -2.16. The Kier molecular flexibility index (Phi) is 2.80. The Labute approximate surface area is 109 Å². The highest BCUT2D eigenvalue weighted by Crippen LogP contribution is 2.19. The first-order valence-electron chi connectivity index (χ1n) is 5.87. The van der Waals surface area contributed by atoms with Crippen molar-refractivity contribution in [2.75, 3.05) is 5.32 Å². The van der Waals surface area contributed by atoms with Crippen molar-refractivity contribution < 1.29 is 0 Å². The van der Waals surface area contributed by atoms with Crippen LogP contribution in [0.25, 0.3) is 0 Å². The van der Waals surface area contributed by atoms with Gasteiger partial charge in [-0.3, -0.25) is 9.78 Å². The molecular weight excluding hydrogens is 250 g/mol. The summed E-state index contributed by atoms with van der Waals surface area (Å²) in [5.74, 6) is 0.489. The van der Waals surface area contributed by atoms with Crippen LogP contribution in [-0.4, -0.2) is 9.97 Å². The molecule has 5 heteroatoms. The summed E-state index contributed by atoms with van der Waals surface area (Å²) in [6.07, 6.45) is 2.73. The lowest BCUT2D eigenvalue weighted by Gasteiger charge is -2.07. The molecule has 2 aromatic rings. The van der Waals surface area contributed by atoms with Crippen LogP contribution in [0.15, 0.2) is 29.1 Å². The second-order valence-electron chi connectivity index (χ2n) is 4.33. The van der Waals surface area contributed by atoms with Gasteiger partial charge in [0.15, 0.2) is 0 Å². The molecule has 1 heterocycles. The van der Waals surface area contributed by atoms with Crippen molar-refractivity contribution in [3.8, 4) is 0 Å². The second-order valence-corrected chi connectivity index (χ2v) is 4.76. The van der Waals surface area contributed by atoms with Crippen LogP contribution >= 0.6 is 11.6 Å². The normalized spacial score (nSPS) is 13.4. The highest BCUT2D eigenvalue weighted by Gasteiger charge is 2.16. The molecule has 0 saturated heterocycles. The standard InChI is InChI=1S/C13H12ClN3O/c14-8-4-6-9(7-5-8)15-13-16-11-3-1-2-10(11)12(18)17-13/h4-7H,1-3H2,(H2,15,16,17,18). The van der Waals surface area contributed by atoms with Gasteiger partial charge in [-0.2, -0.15) is 0 Å². The predicted octanol–water partition coefficient (Wildman–Crippen LogP) is 2.66. The van der Waals surface area contributed by atoms with E-state index in [0.29, 0.717) is 11.0 Å². The number of rotatable bonds is 2. The van der Waals surface area contributed by atoms with E-state index >= 15 is 0 Å². The minimum atomic E-state index is -0.0334. The molecule has 0 fully saturated rings. The topological polar surface area (TPSA) is 57.8 Å². The summed E-state index contributed by atoms with van der Waals surface area (Å²) >= 11 is 5.82. The van der Waals surface area contributed by atoms with Gasteiger partial charge in [-0.25, -0.2) is 4.98 Å². The monoisotopic (exact) mass is 261 g/mol. The molecule has 0 amide bonds. The zero-order valence-corrected chi connectivity index (χ0v) is 10.4. The Morgan fingerprint density at radius 2 is 2.00 bits per heavy atom. The zero-order chi connectivity index (χ0) is 12.5. The van der Waals surface area contributed by atoms with Crippen molar-refractivity contribution in [2.45, 2.75) is 19.3 Å². The lowest BCUT2D eigenvalue weighted by atomic mass is 10.3. The second kappa shape index (κ2) is 4.46. The number of aromatic nitrogens is 2. The summed E-state index contributed by atoms with van der Waals surface area (Å²) in [6.45, 7) is 0. The average molecular weight is 262 g/mol. The Hall–Kier alpha value is -1.81. The third-order valence-corrected chi connectivity index (χ3v) is 3.30. The fraction of sp³-hybridized carbons (Fsp3) is 0.231. The van der Waals surface area contributed by atoms with Crippen LogP contribution in [-0.2, 0) is 12.8 Å². The molecular formula is C13H12ClN3O. The van der Waals surface area contributed by atoms with E-state index in [1.165, 1.54) is 0 Å². The maximum Gasteiger partial charge on any atom is 0.255 e. The highest BCUT2D eigenvalue weighted by atomic mass is 35.5. The highest BCUT2D eigenvalue weighted by molar-refractivity contribution is 6.30. The molecule has 2 N–H and O–H groups in total. The van der Waals surface area contributed by atoms with Crippen LogP contribution in [0.3, 0.4) is 0 Å². The number of aromatic amines is 1. The molecule has 3 rings (SSSR count). The molecule has 0 aliphatic heterocycles. The van der Waals surface area contributed by atoms with E-state index in [9.17, 15) is 4.79 Å². The van der Waals surface area contributed by atoms with Gasteiger partial charge < -0.3 is 5.32 Å². The number of nitrogens with zero attached hydrogens (tertiary/aromatic N) is 1. The molecule has 1 aromatic carbocycles. The van der Waals surface area contributed by atoms with Gasteiger partial charge in [-0.05, 0) is 43.5 Å². The summed E-state index contributed by atoms with van der Waals surface area (Å²) in [5, 5.41) is 3.75. The molecule has 1 aromatic heterocycles. The number of nitrogens with one attached hydrogen (secondary N) is 2. The third kappa shape index (κ3) is 2.11. The van der Waals surface area contributed by atoms with Gasteiger partial charge in [0.2, 0.25) is 5.95 Å². The van der Waals surface area contributed by atoms with Crippen molar-refractivity contribution >= 4 is 23.2 Å². The van der Waals surface area contributed by atoms with Crippen molar-refractivity contribution in [1.82, 2.24) is 9.97 Å². The molecule has 0 bridgehead atoms. The number of benzene rings is 1. The van der Waals surface area contributed by atoms with Crippen LogP contribution in [0, 0.1) is 0 Å². The maximum absolute atomic E-state index is 11.8. The molecule has 0 spiro atoms. The van der Waals surface area contributed by atoms with Gasteiger partial charge in [0.05, 0.1) is 5.69 Å². The summed E-state index contributed by atoms with van der Waals surface area (Å²) in [7, 11) is 0. The first kappa shape index (κ1) is 11.3. The first-order valence-corrected chi connectivity index (χ1v) is 6.25. The SMILES string of the molecule is O=c1[nH]c(Nc2ccc(Cl)cc2)nc2c1CCC2. The molecule has 1 aliphatic rings. The number of hydrogen-bond acceptors (Lipinski definition) is 3. The van der Waals surface area contributed by atoms with Crippen LogP contribution in [0.4, 0.5) is 11.6 Å². The fourth-order valence-corrected chi connectivity index (χ4v) is 2.30. The molecule has 0 unspecified atom stereocenters. The molecule has 0 atom stereocenters. The van der Waals surface area contributed by atoms with E-state index in [0.717, 1.165) is 36.2 Å². The van der Waals surface area contributed by atoms with E-state index in [-0.39, 0.29) is 5.56 Å². The predicted molar refractivity (Wildman–Crippen MR) is 71.6 cm³/mol. The Bertz CT molecular complexity index is 634. The number of hydrogen-bond donors (Lipinski definition) is 2. The summed E-state index contributed by atoms with van der Waals surface area (Å²) < 4.78 is 0. The lowest BCUT2D eigenvalue weighted by molar-refractivity contribution is 0.899. The number of fused-ring (bicyclic) bond motifs is 1. The molecule has 0 saturated carbocycles. The van der Waals surface area contributed by atoms with Gasteiger partial charge in [0, 0.05) is 16.3 Å². The van der Waals surface area contributed by atoms with Crippen molar-refractivity contribution in [3.05, 3.63) is 50.9 Å². The molecule has 4 nitrogen and oxygen atoms in total. The molecule has 92 valence electrons. The maximum atomic E-state index is 11.8. The van der Waals surface area contributed by atoms with Crippen LogP contribution < -0.4 is 10.9 Å². The molecule has 0 radical (unpaired) electrons. The van der Waals surface area contributed by atoms with Crippen molar-refractivity contribution in [2.24, 2.45) is 0 Å². The zero-order valence-electron chi connectivity index (χ0n) is 9.66. The first-order chi connectivity index (χ1) is 8.72. The summed E-state index contributed by atoms with van der Waals surface area (Å²) in [4.78, 5) is 19.0. The quantitative estimate of drug-likeness (QED) is 0.874. The van der Waals surface area contributed by atoms with Gasteiger partial charge in [-0.1, -0.05) is 11.6 Å². The van der Waals surface area contributed by atoms with E-state index in [1.54, 1.807) is 12.1 Å². The van der Waals surface area contributed by atoms with Gasteiger partial charge in [0.1, 0.15) is 0 Å². The molecule has 18 heavy (non-hydrogen) atoms. The number of H-pyrrole nitrogens is 1. The number of halogens is 1. The van der Waals surface area contributed by atoms with Crippen molar-refractivity contribution in [1.29, 1.82) is 0 Å². The van der Waals surface area contributed by atoms with Crippen LogP contribution in [0.5, 0.6) is 0 Å². The van der Waals surface area contributed by atoms with Gasteiger partial charge in [-0.15, -0.1) is 0 Å². The Balaban J connectivity index is 1.92. The minimum absolute atomic E-state index is 0.0334. The number of anilines is 2. The van der Waals surface area contributed by atoms with E-state index in [4.69, 9.17) is 11.6 Å². The molecule has 1 aliphatic carbocycles. The summed E-state index contributed by atoms with van der Waals surface area (Å²) in [6, 6.07) is 7.26. The summed E-state index contributed by atoms with van der Waals surface area (Å²) in [5.41, 5.74) is 2.56. The average Bonchev–Trinajstić information content (AvgIpc) is 2.81.